The second-order valence-corrected chi connectivity index (χ2v) is 7.32. The number of sulfonamides is 1. The molecule has 96 valence electrons. The zero-order chi connectivity index (χ0) is 12.5. The Morgan fingerprint density at radius 1 is 1.35 bits per heavy atom. The van der Waals surface area contributed by atoms with Crippen LogP contribution in [0, 0.1) is 6.92 Å². The maximum Gasteiger partial charge on any atom is 0.252 e. The average molecular weight is 275 g/mol. The van der Waals surface area contributed by atoms with Crippen molar-refractivity contribution in [1.82, 2.24) is 9.71 Å². The minimum Gasteiger partial charge on any atom is -0.375 e. The van der Waals surface area contributed by atoms with Crippen molar-refractivity contribution < 1.29 is 8.42 Å². The normalized spacial score (nSPS) is 18.4. The third-order valence-corrected chi connectivity index (χ3v) is 6.06. The van der Waals surface area contributed by atoms with Crippen LogP contribution in [-0.2, 0) is 10.0 Å². The van der Waals surface area contributed by atoms with E-state index in [1.54, 1.807) is 6.92 Å². The third kappa shape index (κ3) is 2.97. The second-order valence-electron chi connectivity index (χ2n) is 4.38. The van der Waals surface area contributed by atoms with Crippen LogP contribution >= 0.6 is 11.3 Å². The number of hydrogen-bond acceptors (Lipinski definition) is 5. The van der Waals surface area contributed by atoms with Gasteiger partial charge >= 0.3 is 0 Å². The molecule has 1 heterocycles. The number of thiazole rings is 1. The van der Waals surface area contributed by atoms with Crippen LogP contribution in [0.25, 0.3) is 0 Å². The van der Waals surface area contributed by atoms with Crippen molar-refractivity contribution in [3.63, 3.8) is 0 Å². The van der Waals surface area contributed by atoms with Gasteiger partial charge in [-0.05, 0) is 19.8 Å². The molecular weight excluding hydrogens is 258 g/mol. The highest BCUT2D eigenvalue weighted by Gasteiger charge is 2.25. The first kappa shape index (κ1) is 12.8. The fraction of sp³-hybridized carbons (Fsp3) is 0.700. The summed E-state index contributed by atoms with van der Waals surface area (Å²) in [5, 5.41) is 0.298. The van der Waals surface area contributed by atoms with Gasteiger partial charge in [0.1, 0.15) is 0 Å². The molecule has 0 saturated heterocycles. The van der Waals surface area contributed by atoms with Crippen molar-refractivity contribution in [2.75, 3.05) is 5.73 Å². The van der Waals surface area contributed by atoms with Gasteiger partial charge in [-0.25, -0.2) is 18.1 Å². The van der Waals surface area contributed by atoms with Crippen molar-refractivity contribution in [2.45, 2.75) is 49.3 Å². The summed E-state index contributed by atoms with van der Waals surface area (Å²) in [6.07, 6.45) is 5.23. The smallest absolute Gasteiger partial charge is 0.252 e. The van der Waals surface area contributed by atoms with E-state index >= 15 is 0 Å². The maximum absolute atomic E-state index is 12.1. The van der Waals surface area contributed by atoms with Crippen molar-refractivity contribution in [1.29, 1.82) is 0 Å². The topological polar surface area (TPSA) is 85.1 Å². The lowest BCUT2D eigenvalue weighted by atomic mass is 9.96. The van der Waals surface area contributed by atoms with Crippen LogP contribution in [0.15, 0.2) is 4.21 Å². The Morgan fingerprint density at radius 3 is 2.53 bits per heavy atom. The number of hydrogen-bond donors (Lipinski definition) is 2. The Balaban J connectivity index is 2.15. The number of aryl methyl sites for hydroxylation is 1. The first-order valence-electron chi connectivity index (χ1n) is 5.74. The predicted molar refractivity (Wildman–Crippen MR) is 68.5 cm³/mol. The number of nitrogens with one attached hydrogen (secondary N) is 1. The van der Waals surface area contributed by atoms with Gasteiger partial charge in [-0.2, -0.15) is 0 Å². The van der Waals surface area contributed by atoms with Crippen LogP contribution < -0.4 is 10.5 Å². The van der Waals surface area contributed by atoms with Crippen LogP contribution in [0.3, 0.4) is 0 Å². The van der Waals surface area contributed by atoms with Gasteiger partial charge in [0.25, 0.3) is 10.0 Å². The maximum atomic E-state index is 12.1. The SMILES string of the molecule is Cc1nc(N)sc1S(=O)(=O)NC1CCCCC1. The first-order chi connectivity index (χ1) is 7.99. The standard InChI is InChI=1S/C10H17N3O2S2/c1-7-9(16-10(11)12-7)17(14,15)13-8-5-3-2-4-6-8/h8,13H,2-6H2,1H3,(H2,11,12). The molecule has 0 amide bonds. The molecule has 1 fully saturated rings. The summed E-state index contributed by atoms with van der Waals surface area (Å²) in [5.41, 5.74) is 6.01. The number of nitrogens with two attached hydrogens (primary N) is 1. The van der Waals surface area contributed by atoms with Gasteiger partial charge in [-0.3, -0.25) is 0 Å². The molecule has 7 heteroatoms. The minimum absolute atomic E-state index is 0.0662. The van der Waals surface area contributed by atoms with Crippen molar-refractivity contribution in [2.24, 2.45) is 0 Å². The van der Waals surface area contributed by atoms with Crippen LogP contribution in [-0.4, -0.2) is 19.4 Å². The summed E-state index contributed by atoms with van der Waals surface area (Å²) < 4.78 is 27.3. The molecule has 0 spiro atoms. The Hall–Kier alpha value is -0.660. The van der Waals surface area contributed by atoms with Gasteiger partial charge in [-0.1, -0.05) is 30.6 Å². The third-order valence-electron chi connectivity index (χ3n) is 2.94. The fourth-order valence-electron chi connectivity index (χ4n) is 2.15. The lowest BCUT2D eigenvalue weighted by Gasteiger charge is -2.22. The highest BCUT2D eigenvalue weighted by Crippen LogP contribution is 2.26. The zero-order valence-electron chi connectivity index (χ0n) is 9.77. The van der Waals surface area contributed by atoms with E-state index in [0.29, 0.717) is 10.8 Å². The molecule has 5 nitrogen and oxygen atoms in total. The molecule has 3 N–H and O–H groups in total. The van der Waals surface area contributed by atoms with Crippen LogP contribution in [0.5, 0.6) is 0 Å². The molecular formula is C10H17N3O2S2. The summed E-state index contributed by atoms with van der Waals surface area (Å²) >= 11 is 1.03. The van der Waals surface area contributed by atoms with Gasteiger partial charge in [-0.15, -0.1) is 0 Å². The molecule has 1 saturated carbocycles. The fourth-order valence-corrected chi connectivity index (χ4v) is 4.77. The molecule has 1 aromatic heterocycles. The van der Waals surface area contributed by atoms with E-state index in [-0.39, 0.29) is 10.3 Å². The Morgan fingerprint density at radius 2 is 2.00 bits per heavy atom. The van der Waals surface area contributed by atoms with Gasteiger partial charge in [0.15, 0.2) is 9.34 Å². The van der Waals surface area contributed by atoms with Gasteiger partial charge in [0.2, 0.25) is 0 Å². The van der Waals surface area contributed by atoms with Crippen molar-refractivity contribution in [3.8, 4) is 0 Å². The molecule has 0 bridgehead atoms. The Kier molecular flexibility index (Phi) is 3.70. The van der Waals surface area contributed by atoms with E-state index in [1.807, 2.05) is 0 Å². The van der Waals surface area contributed by atoms with Crippen molar-refractivity contribution in [3.05, 3.63) is 5.69 Å². The highest BCUT2D eigenvalue weighted by atomic mass is 32.2. The minimum atomic E-state index is -3.44. The van der Waals surface area contributed by atoms with E-state index in [1.165, 1.54) is 6.42 Å². The largest absolute Gasteiger partial charge is 0.375 e. The second kappa shape index (κ2) is 4.91. The molecule has 0 unspecified atom stereocenters. The molecule has 0 aliphatic heterocycles. The van der Waals surface area contributed by atoms with Crippen LogP contribution in [0.1, 0.15) is 37.8 Å². The Bertz CT molecular complexity index is 490. The molecule has 1 aromatic rings. The molecule has 17 heavy (non-hydrogen) atoms. The van der Waals surface area contributed by atoms with E-state index < -0.39 is 10.0 Å². The predicted octanol–water partition coefficient (Wildman–Crippen LogP) is 1.64. The first-order valence-corrected chi connectivity index (χ1v) is 8.04. The summed E-state index contributed by atoms with van der Waals surface area (Å²) in [7, 11) is -3.44. The number of rotatable bonds is 3. The molecule has 1 aliphatic rings. The quantitative estimate of drug-likeness (QED) is 0.878. The van der Waals surface area contributed by atoms with E-state index in [2.05, 4.69) is 9.71 Å². The van der Waals surface area contributed by atoms with Crippen LogP contribution in [0.2, 0.25) is 0 Å². The summed E-state index contributed by atoms with van der Waals surface area (Å²) in [6, 6.07) is 0.0662. The van der Waals surface area contributed by atoms with E-state index in [0.717, 1.165) is 37.0 Å². The molecule has 2 rings (SSSR count). The molecule has 0 aromatic carbocycles. The number of anilines is 1. The average Bonchev–Trinajstić information content (AvgIpc) is 2.59. The van der Waals surface area contributed by atoms with E-state index in [4.69, 9.17) is 5.73 Å². The monoisotopic (exact) mass is 275 g/mol. The number of nitrogen functional groups attached to an aromatic ring is 1. The van der Waals surface area contributed by atoms with Gasteiger partial charge in [0, 0.05) is 6.04 Å². The van der Waals surface area contributed by atoms with Crippen LogP contribution in [0.4, 0.5) is 5.13 Å². The highest BCUT2D eigenvalue weighted by molar-refractivity contribution is 7.91. The van der Waals surface area contributed by atoms with Gasteiger partial charge < -0.3 is 5.73 Å². The lowest BCUT2D eigenvalue weighted by Crippen LogP contribution is -2.36. The number of nitrogens with zero attached hydrogens (tertiary/aromatic N) is 1. The molecule has 0 atom stereocenters. The summed E-state index contributed by atoms with van der Waals surface area (Å²) in [4.78, 5) is 3.95. The summed E-state index contributed by atoms with van der Waals surface area (Å²) in [6.45, 7) is 1.67. The van der Waals surface area contributed by atoms with E-state index in [9.17, 15) is 8.42 Å². The summed E-state index contributed by atoms with van der Waals surface area (Å²) in [5.74, 6) is 0. The lowest BCUT2D eigenvalue weighted by molar-refractivity contribution is 0.412. The Labute approximate surface area is 105 Å². The van der Waals surface area contributed by atoms with Gasteiger partial charge in [0.05, 0.1) is 5.69 Å². The molecule has 0 radical (unpaired) electrons. The van der Waals surface area contributed by atoms with Crippen molar-refractivity contribution >= 4 is 26.5 Å². The number of aromatic nitrogens is 1. The molecule has 1 aliphatic carbocycles. The zero-order valence-corrected chi connectivity index (χ0v) is 11.4.